The lowest BCUT2D eigenvalue weighted by molar-refractivity contribution is 0.143. The number of hydrogen-bond acceptors (Lipinski definition) is 4. The van der Waals surface area contributed by atoms with E-state index in [-0.39, 0.29) is 19.0 Å². The summed E-state index contributed by atoms with van der Waals surface area (Å²) in [5, 5.41) is 0. The molecule has 0 aliphatic carbocycles. The van der Waals surface area contributed by atoms with Crippen LogP contribution in [0, 0.1) is 11.6 Å². The molecule has 0 amide bonds. The predicted molar refractivity (Wildman–Crippen MR) is 45.9 cm³/mol. The highest BCUT2D eigenvalue weighted by Gasteiger charge is 2.13. The van der Waals surface area contributed by atoms with E-state index in [1.807, 2.05) is 0 Å². The van der Waals surface area contributed by atoms with E-state index < -0.39 is 17.5 Å². The molecule has 0 saturated carbocycles. The number of hydrogen-bond donors (Lipinski definition) is 1. The van der Waals surface area contributed by atoms with Crippen molar-refractivity contribution in [2.24, 2.45) is 0 Å². The maximum absolute atomic E-state index is 13.0. The van der Waals surface area contributed by atoms with Gasteiger partial charge in [0.25, 0.3) is 0 Å². The van der Waals surface area contributed by atoms with Gasteiger partial charge in [-0.1, -0.05) is 0 Å². The first-order valence-corrected chi connectivity index (χ1v) is 3.88. The fourth-order valence-corrected chi connectivity index (χ4v) is 0.798. The Balaban J connectivity index is 2.73. The zero-order valence-electron chi connectivity index (χ0n) is 7.59. The van der Waals surface area contributed by atoms with Crippen molar-refractivity contribution in [3.05, 3.63) is 17.8 Å². The zero-order valence-corrected chi connectivity index (χ0v) is 7.59. The molecule has 0 unspecified atom stereocenters. The second-order valence-electron chi connectivity index (χ2n) is 2.48. The summed E-state index contributed by atoms with van der Waals surface area (Å²) < 4.78 is 35.4. The molecule has 4 nitrogen and oxygen atoms in total. The smallest absolute Gasteiger partial charge is 0.206 e. The molecule has 1 rings (SSSR count). The summed E-state index contributed by atoms with van der Waals surface area (Å²) in [5.41, 5.74) is 5.04. The molecule has 1 heterocycles. The zero-order chi connectivity index (χ0) is 10.6. The summed E-state index contributed by atoms with van der Waals surface area (Å²) in [5.74, 6) is -3.08. The molecule has 0 spiro atoms. The maximum atomic E-state index is 13.0. The molecule has 6 heteroatoms. The molecule has 0 aromatic carbocycles. The maximum Gasteiger partial charge on any atom is 0.206 e. The van der Waals surface area contributed by atoms with Gasteiger partial charge in [0.1, 0.15) is 6.61 Å². The van der Waals surface area contributed by atoms with Gasteiger partial charge in [-0.25, -0.2) is 4.98 Å². The van der Waals surface area contributed by atoms with E-state index in [2.05, 4.69) is 9.72 Å². The number of halogens is 2. The Labute approximate surface area is 79.6 Å². The molecule has 2 N–H and O–H groups in total. The molecule has 0 fully saturated rings. The van der Waals surface area contributed by atoms with Crippen LogP contribution >= 0.6 is 0 Å². The van der Waals surface area contributed by atoms with Crippen molar-refractivity contribution in [2.45, 2.75) is 0 Å². The summed E-state index contributed by atoms with van der Waals surface area (Å²) in [7, 11) is 1.47. The van der Waals surface area contributed by atoms with Crippen LogP contribution in [0.4, 0.5) is 14.6 Å². The van der Waals surface area contributed by atoms with Crippen molar-refractivity contribution in [1.29, 1.82) is 0 Å². The van der Waals surface area contributed by atoms with Gasteiger partial charge in [-0.2, -0.15) is 8.78 Å². The van der Waals surface area contributed by atoms with Gasteiger partial charge in [0.15, 0.2) is 11.6 Å². The first-order valence-electron chi connectivity index (χ1n) is 3.88. The van der Waals surface area contributed by atoms with Crippen molar-refractivity contribution in [3.8, 4) is 5.75 Å². The van der Waals surface area contributed by atoms with Gasteiger partial charge < -0.3 is 15.2 Å². The summed E-state index contributed by atoms with van der Waals surface area (Å²) in [6.45, 7) is 0.407. The lowest BCUT2D eigenvalue weighted by Gasteiger charge is -2.06. The van der Waals surface area contributed by atoms with E-state index >= 15 is 0 Å². The predicted octanol–water partition coefficient (Wildman–Crippen LogP) is 0.967. The van der Waals surface area contributed by atoms with E-state index in [1.165, 1.54) is 7.11 Å². The van der Waals surface area contributed by atoms with Crippen molar-refractivity contribution >= 4 is 5.82 Å². The average Bonchev–Trinajstić information content (AvgIpc) is 2.18. The minimum atomic E-state index is -1.19. The van der Waals surface area contributed by atoms with Gasteiger partial charge in [0, 0.05) is 7.11 Å². The summed E-state index contributed by atoms with van der Waals surface area (Å²) in [6.07, 6.45) is 1.03. The van der Waals surface area contributed by atoms with E-state index in [1.54, 1.807) is 0 Å². The number of nitrogens with zero attached hydrogens (tertiary/aromatic N) is 1. The van der Waals surface area contributed by atoms with Crippen LogP contribution < -0.4 is 10.5 Å². The van der Waals surface area contributed by atoms with Gasteiger partial charge >= 0.3 is 0 Å². The quantitative estimate of drug-likeness (QED) is 0.742. The number of pyridine rings is 1. The Morgan fingerprint density at radius 1 is 1.36 bits per heavy atom. The standard InChI is InChI=1S/C8H10F2N2O2/c1-13-2-3-14-5-4-12-8(11)7(10)6(5)9/h4H,2-3H2,1H3,(H2,11,12). The molecule has 0 aliphatic rings. The van der Waals surface area contributed by atoms with Gasteiger partial charge in [-0.05, 0) is 0 Å². The van der Waals surface area contributed by atoms with Gasteiger partial charge in [-0.15, -0.1) is 0 Å². The summed E-state index contributed by atoms with van der Waals surface area (Å²) >= 11 is 0. The number of aromatic nitrogens is 1. The van der Waals surface area contributed by atoms with Crippen molar-refractivity contribution < 1.29 is 18.3 Å². The largest absolute Gasteiger partial charge is 0.486 e. The fourth-order valence-electron chi connectivity index (χ4n) is 0.798. The molecule has 78 valence electrons. The molecule has 14 heavy (non-hydrogen) atoms. The molecule has 1 aromatic heterocycles. The van der Waals surface area contributed by atoms with Crippen LogP contribution in [-0.4, -0.2) is 25.3 Å². The van der Waals surface area contributed by atoms with Crippen LogP contribution in [-0.2, 0) is 4.74 Å². The Bertz CT molecular complexity index is 320. The van der Waals surface area contributed by atoms with Crippen molar-refractivity contribution in [2.75, 3.05) is 26.1 Å². The van der Waals surface area contributed by atoms with E-state index in [0.717, 1.165) is 6.20 Å². The third-order valence-electron chi connectivity index (χ3n) is 1.50. The number of methoxy groups -OCH3 is 1. The van der Waals surface area contributed by atoms with Crippen LogP contribution in [0.3, 0.4) is 0 Å². The van der Waals surface area contributed by atoms with E-state index in [0.29, 0.717) is 0 Å². The highest BCUT2D eigenvalue weighted by atomic mass is 19.2. The minimum Gasteiger partial charge on any atom is -0.486 e. The Morgan fingerprint density at radius 2 is 2.07 bits per heavy atom. The first-order chi connectivity index (χ1) is 6.66. The van der Waals surface area contributed by atoms with Crippen LogP contribution in [0.1, 0.15) is 0 Å². The molecule has 0 saturated heterocycles. The van der Waals surface area contributed by atoms with Crippen LogP contribution in [0.25, 0.3) is 0 Å². The van der Waals surface area contributed by atoms with Gasteiger partial charge in [0.05, 0.1) is 12.8 Å². The number of nitrogens with two attached hydrogens (primary N) is 1. The van der Waals surface area contributed by atoms with Crippen LogP contribution in [0.5, 0.6) is 5.75 Å². The van der Waals surface area contributed by atoms with Gasteiger partial charge in [0.2, 0.25) is 11.6 Å². The van der Waals surface area contributed by atoms with Crippen molar-refractivity contribution in [1.82, 2.24) is 4.98 Å². The SMILES string of the molecule is COCCOc1cnc(N)c(F)c1F. The average molecular weight is 204 g/mol. The van der Waals surface area contributed by atoms with E-state index in [4.69, 9.17) is 10.5 Å². The third-order valence-corrected chi connectivity index (χ3v) is 1.50. The lowest BCUT2D eigenvalue weighted by Crippen LogP contribution is -2.08. The topological polar surface area (TPSA) is 57.4 Å². The summed E-state index contributed by atoms with van der Waals surface area (Å²) in [6, 6.07) is 0. The monoisotopic (exact) mass is 204 g/mol. The third kappa shape index (κ3) is 2.29. The van der Waals surface area contributed by atoms with Gasteiger partial charge in [-0.3, -0.25) is 0 Å². The second kappa shape index (κ2) is 4.71. The Hall–Kier alpha value is -1.43. The lowest BCUT2D eigenvalue weighted by atomic mass is 10.4. The fraction of sp³-hybridized carbons (Fsp3) is 0.375. The molecule has 0 bridgehead atoms. The highest BCUT2D eigenvalue weighted by Crippen LogP contribution is 2.21. The van der Waals surface area contributed by atoms with Crippen LogP contribution in [0.15, 0.2) is 6.20 Å². The molecule has 1 aromatic rings. The number of anilines is 1. The molecular weight excluding hydrogens is 194 g/mol. The Morgan fingerprint density at radius 3 is 2.71 bits per heavy atom. The Kier molecular flexibility index (Phi) is 3.58. The minimum absolute atomic E-state index is 0.123. The summed E-state index contributed by atoms with van der Waals surface area (Å²) in [4.78, 5) is 3.42. The number of ether oxygens (including phenoxy) is 2. The molecule has 0 aliphatic heterocycles. The molecule has 0 atom stereocenters. The van der Waals surface area contributed by atoms with Crippen LogP contribution in [0.2, 0.25) is 0 Å². The number of rotatable bonds is 4. The highest BCUT2D eigenvalue weighted by molar-refractivity contribution is 5.36. The molecule has 0 radical (unpaired) electrons. The second-order valence-corrected chi connectivity index (χ2v) is 2.48. The normalized spacial score (nSPS) is 10.2. The van der Waals surface area contributed by atoms with Crippen molar-refractivity contribution in [3.63, 3.8) is 0 Å². The molecular formula is C8H10F2N2O2. The first kappa shape index (κ1) is 10.6. The number of nitrogen functional groups attached to an aromatic ring is 1. The van der Waals surface area contributed by atoms with E-state index in [9.17, 15) is 8.78 Å².